The molecule has 0 unspecified atom stereocenters. The van der Waals surface area contributed by atoms with Gasteiger partial charge in [0.2, 0.25) is 0 Å². The van der Waals surface area contributed by atoms with Crippen LogP contribution in [-0.4, -0.2) is 19.8 Å². The topological polar surface area (TPSA) is 35.1 Å². The molecule has 140 valence electrons. The Labute approximate surface area is 151 Å². The van der Waals surface area contributed by atoms with E-state index in [2.05, 4.69) is 5.32 Å². The van der Waals surface area contributed by atoms with Crippen LogP contribution in [0.5, 0.6) is 11.5 Å². The van der Waals surface area contributed by atoms with Crippen LogP contribution >= 0.6 is 0 Å². The highest BCUT2D eigenvalue weighted by molar-refractivity contribution is 5.50. The second-order valence-electron chi connectivity index (χ2n) is 6.24. The molecule has 1 heterocycles. The normalized spacial score (nSPS) is 16.9. The van der Waals surface area contributed by atoms with Crippen molar-refractivity contribution in [3.8, 4) is 11.5 Å². The molecule has 0 saturated carbocycles. The lowest BCUT2D eigenvalue weighted by molar-refractivity contribution is -0.690. The lowest BCUT2D eigenvalue weighted by Crippen LogP contribution is -2.87. The number of hydrogen-bond acceptors (Lipinski definition) is 2. The molecule has 2 aromatic carbocycles. The number of alkyl halides is 3. The lowest BCUT2D eigenvalue weighted by atomic mass is 9.88. The van der Waals surface area contributed by atoms with Gasteiger partial charge in [-0.25, -0.2) is 0 Å². The minimum absolute atomic E-state index is 0.184. The van der Waals surface area contributed by atoms with Crippen molar-refractivity contribution in [2.24, 2.45) is 0 Å². The molecule has 1 aliphatic rings. The predicted octanol–water partition coefficient (Wildman–Crippen LogP) is 3.71. The van der Waals surface area contributed by atoms with Crippen LogP contribution in [0.1, 0.15) is 42.1 Å². The van der Waals surface area contributed by atoms with E-state index in [1.165, 1.54) is 12.1 Å². The SMILES string of the molecule is CCOc1cc2c(cc1OCC)[C@@H](c1cccc(C(F)(F)F)c1)[NH2+]CC2. The Bertz CT molecular complexity index is 774. The third-order valence-electron chi connectivity index (χ3n) is 4.53. The summed E-state index contributed by atoms with van der Waals surface area (Å²) in [5.74, 6) is 1.33. The Kier molecular flexibility index (Phi) is 5.41. The molecular weight excluding hydrogens is 343 g/mol. The van der Waals surface area contributed by atoms with Crippen LogP contribution in [0.15, 0.2) is 36.4 Å². The van der Waals surface area contributed by atoms with Crippen LogP contribution in [0, 0.1) is 0 Å². The van der Waals surface area contributed by atoms with E-state index < -0.39 is 11.7 Å². The van der Waals surface area contributed by atoms with Gasteiger partial charge in [0.1, 0.15) is 6.04 Å². The molecular formula is C20H23F3NO2+. The number of ether oxygens (including phenoxy) is 2. The standard InChI is InChI=1S/C20H22F3NO2/c1-3-25-17-11-13-8-9-24-19(16(13)12-18(17)26-4-2)14-6-5-7-15(10-14)20(21,22)23/h5-7,10-12,19,24H,3-4,8-9H2,1-2H3/p+1/t19-/m1/s1. The van der Waals surface area contributed by atoms with Crippen molar-refractivity contribution in [3.05, 3.63) is 58.7 Å². The Morgan fingerprint density at radius 3 is 2.38 bits per heavy atom. The summed E-state index contributed by atoms with van der Waals surface area (Å²) in [6, 6.07) is 9.28. The van der Waals surface area contributed by atoms with Crippen LogP contribution in [0.4, 0.5) is 13.2 Å². The van der Waals surface area contributed by atoms with Gasteiger partial charge in [0, 0.05) is 17.5 Å². The zero-order valence-electron chi connectivity index (χ0n) is 14.9. The van der Waals surface area contributed by atoms with Gasteiger partial charge in [0.05, 0.1) is 25.3 Å². The quantitative estimate of drug-likeness (QED) is 0.876. The molecule has 0 spiro atoms. The van der Waals surface area contributed by atoms with Gasteiger partial charge in [-0.1, -0.05) is 12.1 Å². The Morgan fingerprint density at radius 1 is 1.04 bits per heavy atom. The van der Waals surface area contributed by atoms with E-state index in [0.29, 0.717) is 30.3 Å². The molecule has 1 atom stereocenters. The molecule has 26 heavy (non-hydrogen) atoms. The number of quaternary nitrogens is 1. The molecule has 2 aromatic rings. The van der Waals surface area contributed by atoms with Gasteiger partial charge < -0.3 is 14.8 Å². The van der Waals surface area contributed by atoms with Crippen molar-refractivity contribution < 1.29 is 28.0 Å². The fourth-order valence-corrected chi connectivity index (χ4v) is 3.42. The first-order valence-corrected chi connectivity index (χ1v) is 8.87. The fourth-order valence-electron chi connectivity index (χ4n) is 3.42. The highest BCUT2D eigenvalue weighted by atomic mass is 19.4. The Hall–Kier alpha value is -2.21. The van der Waals surface area contributed by atoms with E-state index in [4.69, 9.17) is 9.47 Å². The minimum Gasteiger partial charge on any atom is -0.490 e. The molecule has 0 saturated heterocycles. The average Bonchev–Trinajstić information content (AvgIpc) is 2.61. The van der Waals surface area contributed by atoms with Gasteiger partial charge in [-0.05, 0) is 43.7 Å². The van der Waals surface area contributed by atoms with Crippen LogP contribution in [-0.2, 0) is 12.6 Å². The summed E-state index contributed by atoms with van der Waals surface area (Å²) in [6.07, 6.45) is -3.50. The van der Waals surface area contributed by atoms with Gasteiger partial charge in [-0.3, -0.25) is 0 Å². The maximum absolute atomic E-state index is 13.1. The maximum Gasteiger partial charge on any atom is 0.416 e. The smallest absolute Gasteiger partial charge is 0.416 e. The fraction of sp³-hybridized carbons (Fsp3) is 0.400. The molecule has 0 amide bonds. The first-order chi connectivity index (χ1) is 12.4. The zero-order valence-corrected chi connectivity index (χ0v) is 14.9. The highest BCUT2D eigenvalue weighted by Crippen LogP contribution is 2.37. The number of halogens is 3. The number of nitrogens with two attached hydrogens (primary N) is 1. The monoisotopic (exact) mass is 366 g/mol. The van der Waals surface area contributed by atoms with E-state index in [1.807, 2.05) is 26.0 Å². The van der Waals surface area contributed by atoms with Crippen molar-refractivity contribution in [3.63, 3.8) is 0 Å². The Balaban J connectivity index is 2.04. The second kappa shape index (κ2) is 7.58. The molecule has 2 N–H and O–H groups in total. The van der Waals surface area contributed by atoms with Crippen molar-refractivity contribution in [2.75, 3.05) is 19.8 Å². The summed E-state index contributed by atoms with van der Waals surface area (Å²) in [6.45, 7) is 5.65. The largest absolute Gasteiger partial charge is 0.490 e. The van der Waals surface area contributed by atoms with E-state index in [1.54, 1.807) is 6.07 Å². The summed E-state index contributed by atoms with van der Waals surface area (Å²) in [7, 11) is 0. The number of fused-ring (bicyclic) bond motifs is 1. The summed E-state index contributed by atoms with van der Waals surface area (Å²) < 4.78 is 50.6. The zero-order chi connectivity index (χ0) is 18.7. The summed E-state index contributed by atoms with van der Waals surface area (Å²) in [4.78, 5) is 0. The van der Waals surface area contributed by atoms with Crippen molar-refractivity contribution >= 4 is 0 Å². The Morgan fingerprint density at radius 2 is 1.73 bits per heavy atom. The van der Waals surface area contributed by atoms with Gasteiger partial charge in [0.25, 0.3) is 0 Å². The molecule has 0 radical (unpaired) electrons. The molecule has 3 rings (SSSR count). The maximum atomic E-state index is 13.1. The van der Waals surface area contributed by atoms with E-state index >= 15 is 0 Å². The molecule has 0 aliphatic carbocycles. The molecule has 1 aliphatic heterocycles. The van der Waals surface area contributed by atoms with Gasteiger partial charge in [0.15, 0.2) is 11.5 Å². The van der Waals surface area contributed by atoms with E-state index in [9.17, 15) is 13.2 Å². The first kappa shape index (κ1) is 18.6. The first-order valence-electron chi connectivity index (χ1n) is 8.87. The third kappa shape index (κ3) is 3.80. The van der Waals surface area contributed by atoms with Gasteiger partial charge in [-0.15, -0.1) is 0 Å². The van der Waals surface area contributed by atoms with E-state index in [-0.39, 0.29) is 6.04 Å². The highest BCUT2D eigenvalue weighted by Gasteiger charge is 2.33. The van der Waals surface area contributed by atoms with Crippen LogP contribution in [0.3, 0.4) is 0 Å². The lowest BCUT2D eigenvalue weighted by Gasteiger charge is -2.26. The van der Waals surface area contributed by atoms with Crippen molar-refractivity contribution in [1.29, 1.82) is 0 Å². The van der Waals surface area contributed by atoms with Crippen LogP contribution in [0.25, 0.3) is 0 Å². The summed E-state index contributed by atoms with van der Waals surface area (Å²) >= 11 is 0. The molecule has 0 fully saturated rings. The van der Waals surface area contributed by atoms with Crippen molar-refractivity contribution in [2.45, 2.75) is 32.5 Å². The molecule has 3 nitrogen and oxygen atoms in total. The minimum atomic E-state index is -4.34. The van der Waals surface area contributed by atoms with E-state index in [0.717, 1.165) is 30.2 Å². The van der Waals surface area contributed by atoms with Crippen LogP contribution < -0.4 is 14.8 Å². The summed E-state index contributed by atoms with van der Waals surface area (Å²) in [5.41, 5.74) is 2.11. The van der Waals surface area contributed by atoms with Gasteiger partial charge in [-0.2, -0.15) is 13.2 Å². The number of hydrogen-bond donors (Lipinski definition) is 1. The molecule has 6 heteroatoms. The van der Waals surface area contributed by atoms with Gasteiger partial charge >= 0.3 is 6.18 Å². The predicted molar refractivity (Wildman–Crippen MR) is 92.6 cm³/mol. The van der Waals surface area contributed by atoms with Crippen molar-refractivity contribution in [1.82, 2.24) is 0 Å². The molecule has 0 aromatic heterocycles. The third-order valence-corrected chi connectivity index (χ3v) is 4.53. The summed E-state index contributed by atoms with van der Waals surface area (Å²) in [5, 5.41) is 2.08. The second-order valence-corrected chi connectivity index (χ2v) is 6.24. The molecule has 0 bridgehead atoms. The average molecular weight is 366 g/mol. The van der Waals surface area contributed by atoms with Crippen LogP contribution in [0.2, 0.25) is 0 Å². The number of benzene rings is 2. The number of rotatable bonds is 5.